The molecule has 0 aliphatic carbocycles. The first-order valence-electron chi connectivity index (χ1n) is 5.83. The van der Waals surface area contributed by atoms with Crippen LogP contribution in [0.2, 0.25) is 0 Å². The van der Waals surface area contributed by atoms with Gasteiger partial charge < -0.3 is 15.8 Å². The van der Waals surface area contributed by atoms with Gasteiger partial charge in [-0.05, 0) is 37.7 Å². The van der Waals surface area contributed by atoms with Crippen molar-refractivity contribution in [3.05, 3.63) is 24.3 Å². The molecular formula is C13H20N2O2S. The molecule has 1 aromatic carbocycles. The highest BCUT2D eigenvalue weighted by atomic mass is 32.2. The lowest BCUT2D eigenvalue weighted by Crippen LogP contribution is -2.55. The molecule has 1 atom stereocenters. The lowest BCUT2D eigenvalue weighted by molar-refractivity contribution is -0.122. The van der Waals surface area contributed by atoms with Crippen molar-refractivity contribution in [3.63, 3.8) is 0 Å². The van der Waals surface area contributed by atoms with Gasteiger partial charge in [0.15, 0.2) is 0 Å². The highest BCUT2D eigenvalue weighted by Gasteiger charge is 2.29. The second-order valence-electron chi connectivity index (χ2n) is 4.19. The van der Waals surface area contributed by atoms with E-state index in [1.54, 1.807) is 18.9 Å². The first-order valence-corrected chi connectivity index (χ1v) is 6.82. The Kier molecular flexibility index (Phi) is 5.50. The van der Waals surface area contributed by atoms with Gasteiger partial charge >= 0.3 is 0 Å². The summed E-state index contributed by atoms with van der Waals surface area (Å²) in [7, 11) is 1.64. The van der Waals surface area contributed by atoms with E-state index in [9.17, 15) is 4.79 Å². The van der Waals surface area contributed by atoms with Gasteiger partial charge in [0, 0.05) is 10.6 Å². The first-order chi connectivity index (χ1) is 8.51. The third-order valence-corrected chi connectivity index (χ3v) is 4.02. The summed E-state index contributed by atoms with van der Waals surface area (Å²) in [4.78, 5) is 12.5. The Bertz CT molecular complexity index is 394. The molecule has 0 aliphatic rings. The van der Waals surface area contributed by atoms with E-state index in [1.165, 1.54) is 0 Å². The second-order valence-corrected chi connectivity index (χ2v) is 5.24. The van der Waals surface area contributed by atoms with E-state index in [1.807, 2.05) is 38.1 Å². The molecule has 4 nitrogen and oxygen atoms in total. The first kappa shape index (κ1) is 14.9. The number of likely N-dealkylation sites (N-methyl/N-ethyl adjacent to an activating group) is 1. The molecule has 0 aliphatic heterocycles. The summed E-state index contributed by atoms with van der Waals surface area (Å²) in [5, 5.41) is 3.13. The standard InChI is InChI=1S/C13H20N2O2S/c1-4-15-13(2,12(14)16)9-18-11-7-5-10(17-3)6-8-11/h5-8,15H,4,9H2,1-3H3,(H2,14,16). The molecule has 0 saturated carbocycles. The van der Waals surface area contributed by atoms with Gasteiger partial charge in [0.05, 0.1) is 7.11 Å². The summed E-state index contributed by atoms with van der Waals surface area (Å²) in [5.41, 5.74) is 4.75. The van der Waals surface area contributed by atoms with E-state index in [4.69, 9.17) is 10.5 Å². The van der Waals surface area contributed by atoms with E-state index >= 15 is 0 Å². The molecule has 0 radical (unpaired) electrons. The van der Waals surface area contributed by atoms with E-state index in [-0.39, 0.29) is 5.91 Å². The number of nitrogens with one attached hydrogen (secondary N) is 1. The van der Waals surface area contributed by atoms with Crippen LogP contribution in [0.5, 0.6) is 5.75 Å². The average molecular weight is 268 g/mol. The fourth-order valence-electron chi connectivity index (χ4n) is 1.50. The van der Waals surface area contributed by atoms with Crippen LogP contribution in [0.1, 0.15) is 13.8 Å². The summed E-state index contributed by atoms with van der Waals surface area (Å²) in [5.74, 6) is 1.09. The van der Waals surface area contributed by atoms with Crippen LogP contribution >= 0.6 is 11.8 Å². The molecular weight excluding hydrogens is 248 g/mol. The van der Waals surface area contributed by atoms with Gasteiger partial charge in [-0.25, -0.2) is 0 Å². The van der Waals surface area contributed by atoms with Gasteiger partial charge in [0.2, 0.25) is 5.91 Å². The van der Waals surface area contributed by atoms with Crippen LogP contribution in [0.15, 0.2) is 29.2 Å². The molecule has 0 fully saturated rings. The second kappa shape index (κ2) is 6.66. The zero-order chi connectivity index (χ0) is 13.6. The number of hydrogen-bond acceptors (Lipinski definition) is 4. The van der Waals surface area contributed by atoms with Gasteiger partial charge in [0.25, 0.3) is 0 Å². The highest BCUT2D eigenvalue weighted by Crippen LogP contribution is 2.24. The highest BCUT2D eigenvalue weighted by molar-refractivity contribution is 7.99. The van der Waals surface area contributed by atoms with Gasteiger partial charge in [-0.3, -0.25) is 4.79 Å². The van der Waals surface area contributed by atoms with Crippen LogP contribution in [0.25, 0.3) is 0 Å². The molecule has 1 rings (SSSR count). The lowest BCUT2D eigenvalue weighted by atomic mass is 10.1. The Hall–Kier alpha value is -1.20. The molecule has 18 heavy (non-hydrogen) atoms. The largest absolute Gasteiger partial charge is 0.497 e. The minimum absolute atomic E-state index is 0.328. The zero-order valence-electron chi connectivity index (χ0n) is 11.0. The Morgan fingerprint density at radius 1 is 1.44 bits per heavy atom. The van der Waals surface area contributed by atoms with Crippen LogP contribution in [-0.4, -0.2) is 30.9 Å². The number of benzene rings is 1. The fourth-order valence-corrected chi connectivity index (χ4v) is 2.53. The van der Waals surface area contributed by atoms with Gasteiger partial charge in [-0.2, -0.15) is 0 Å². The van der Waals surface area contributed by atoms with Crippen LogP contribution in [0.4, 0.5) is 0 Å². The molecule has 0 aromatic heterocycles. The van der Waals surface area contributed by atoms with Crippen molar-refractivity contribution in [1.29, 1.82) is 0 Å². The van der Waals surface area contributed by atoms with Crippen LogP contribution in [0, 0.1) is 0 Å². The number of carbonyl (C=O) groups excluding carboxylic acids is 1. The van der Waals surface area contributed by atoms with Crippen molar-refractivity contribution in [2.75, 3.05) is 19.4 Å². The third-order valence-electron chi connectivity index (χ3n) is 2.70. The maximum absolute atomic E-state index is 11.5. The number of amides is 1. The van der Waals surface area contributed by atoms with E-state index in [0.29, 0.717) is 12.3 Å². The Labute approximate surface area is 112 Å². The zero-order valence-corrected chi connectivity index (χ0v) is 11.8. The normalized spacial score (nSPS) is 13.9. The number of carbonyl (C=O) groups is 1. The summed E-state index contributed by atoms with van der Waals surface area (Å²) in [6.45, 7) is 4.50. The number of thioether (sulfide) groups is 1. The van der Waals surface area contributed by atoms with Crippen molar-refractivity contribution >= 4 is 17.7 Å². The quantitative estimate of drug-likeness (QED) is 0.738. The Balaban J connectivity index is 2.64. The van der Waals surface area contributed by atoms with Gasteiger partial charge in [-0.1, -0.05) is 6.92 Å². The number of hydrogen-bond donors (Lipinski definition) is 2. The van der Waals surface area contributed by atoms with Crippen molar-refractivity contribution in [2.45, 2.75) is 24.3 Å². The molecule has 5 heteroatoms. The fraction of sp³-hybridized carbons (Fsp3) is 0.462. The molecule has 1 amide bonds. The number of primary amides is 1. The van der Waals surface area contributed by atoms with Gasteiger partial charge in [-0.15, -0.1) is 11.8 Å². The van der Waals surface area contributed by atoms with E-state index in [2.05, 4.69) is 5.32 Å². The maximum atomic E-state index is 11.5. The molecule has 0 spiro atoms. The van der Waals surface area contributed by atoms with E-state index < -0.39 is 5.54 Å². The lowest BCUT2D eigenvalue weighted by Gasteiger charge is -2.26. The molecule has 0 heterocycles. The summed E-state index contributed by atoms with van der Waals surface area (Å²) in [6.07, 6.45) is 0. The molecule has 0 saturated heterocycles. The van der Waals surface area contributed by atoms with Gasteiger partial charge in [0.1, 0.15) is 11.3 Å². The predicted molar refractivity (Wildman–Crippen MR) is 75.0 cm³/mol. The van der Waals surface area contributed by atoms with Crippen LogP contribution < -0.4 is 15.8 Å². The van der Waals surface area contributed by atoms with Crippen molar-refractivity contribution in [3.8, 4) is 5.75 Å². The van der Waals surface area contributed by atoms with Crippen molar-refractivity contribution < 1.29 is 9.53 Å². The topological polar surface area (TPSA) is 64.3 Å². The number of rotatable bonds is 7. The molecule has 3 N–H and O–H groups in total. The minimum Gasteiger partial charge on any atom is -0.497 e. The summed E-state index contributed by atoms with van der Waals surface area (Å²) < 4.78 is 5.10. The molecule has 1 aromatic rings. The van der Waals surface area contributed by atoms with Crippen LogP contribution in [0.3, 0.4) is 0 Å². The molecule has 0 bridgehead atoms. The minimum atomic E-state index is -0.681. The maximum Gasteiger partial charge on any atom is 0.238 e. The molecule has 1 unspecified atom stereocenters. The van der Waals surface area contributed by atoms with Crippen molar-refractivity contribution in [2.24, 2.45) is 5.73 Å². The predicted octanol–water partition coefficient (Wildman–Crippen LogP) is 1.64. The number of methoxy groups -OCH3 is 1. The van der Waals surface area contributed by atoms with Crippen LogP contribution in [-0.2, 0) is 4.79 Å². The summed E-state index contributed by atoms with van der Waals surface area (Å²) >= 11 is 1.60. The SMILES string of the molecule is CCNC(C)(CSc1ccc(OC)cc1)C(N)=O. The Morgan fingerprint density at radius 2 is 2.06 bits per heavy atom. The third kappa shape index (κ3) is 3.92. The average Bonchev–Trinajstić information content (AvgIpc) is 2.37. The number of ether oxygens (including phenoxy) is 1. The Morgan fingerprint density at radius 3 is 2.50 bits per heavy atom. The number of nitrogens with two attached hydrogens (primary N) is 1. The molecule has 100 valence electrons. The smallest absolute Gasteiger partial charge is 0.238 e. The van der Waals surface area contributed by atoms with Crippen molar-refractivity contribution in [1.82, 2.24) is 5.32 Å². The summed E-state index contributed by atoms with van der Waals surface area (Å²) in [6, 6.07) is 7.74. The monoisotopic (exact) mass is 268 g/mol. The van der Waals surface area contributed by atoms with E-state index in [0.717, 1.165) is 10.6 Å².